The lowest BCUT2D eigenvalue weighted by Gasteiger charge is -2.06. The molecule has 0 radical (unpaired) electrons. The fourth-order valence-electron chi connectivity index (χ4n) is 1.80. The van der Waals surface area contributed by atoms with E-state index in [4.69, 9.17) is 15.0 Å². The molecule has 0 aliphatic rings. The number of aryl methyl sites for hydroxylation is 1. The Morgan fingerprint density at radius 2 is 2.14 bits per heavy atom. The smallest absolute Gasteiger partial charge is 0.264 e. The van der Waals surface area contributed by atoms with E-state index < -0.39 is 5.91 Å². The molecule has 0 unspecified atom stereocenters. The zero-order chi connectivity index (χ0) is 15.2. The van der Waals surface area contributed by atoms with Crippen LogP contribution in [0.5, 0.6) is 5.75 Å². The fourth-order valence-corrected chi connectivity index (χ4v) is 1.80. The van der Waals surface area contributed by atoms with Gasteiger partial charge in [-0.3, -0.25) is 4.79 Å². The van der Waals surface area contributed by atoms with E-state index >= 15 is 0 Å². The third-order valence-corrected chi connectivity index (χ3v) is 2.96. The zero-order valence-corrected chi connectivity index (χ0v) is 12.2. The monoisotopic (exact) mass is 289 g/mol. The molecule has 0 spiro atoms. The first-order chi connectivity index (χ1) is 10.1. The summed E-state index contributed by atoms with van der Waals surface area (Å²) in [6.45, 7) is 4.40. The molecule has 0 aliphatic carbocycles. The van der Waals surface area contributed by atoms with Crippen molar-refractivity contribution in [1.29, 1.82) is 0 Å². The van der Waals surface area contributed by atoms with E-state index in [0.29, 0.717) is 28.9 Å². The Labute approximate surface area is 123 Å². The number of carbonyl (C=O) groups excluding carboxylic acids is 1. The van der Waals surface area contributed by atoms with Gasteiger partial charge in [-0.15, -0.1) is 0 Å². The van der Waals surface area contributed by atoms with Crippen LogP contribution < -0.4 is 10.5 Å². The van der Waals surface area contributed by atoms with E-state index in [9.17, 15) is 4.79 Å². The lowest BCUT2D eigenvalue weighted by atomic mass is 10.1. The summed E-state index contributed by atoms with van der Waals surface area (Å²) in [5.41, 5.74) is 5.62. The molecule has 1 aromatic heterocycles. The van der Waals surface area contributed by atoms with Crippen molar-refractivity contribution < 1.29 is 14.1 Å². The van der Waals surface area contributed by atoms with Gasteiger partial charge in [-0.2, -0.15) is 4.98 Å². The number of benzene rings is 1. The van der Waals surface area contributed by atoms with Crippen molar-refractivity contribution in [3.63, 3.8) is 0 Å². The Hall–Kier alpha value is -2.37. The van der Waals surface area contributed by atoms with Crippen molar-refractivity contribution in [2.75, 3.05) is 0 Å². The Morgan fingerprint density at radius 3 is 2.86 bits per heavy atom. The predicted octanol–water partition coefficient (Wildman–Crippen LogP) is 2.34. The second-order valence-corrected chi connectivity index (χ2v) is 5.19. The fraction of sp³-hybridized carbons (Fsp3) is 0.400. The zero-order valence-electron chi connectivity index (χ0n) is 12.2. The highest BCUT2D eigenvalue weighted by atomic mass is 16.5. The standard InChI is InChI=1S/C15H19N3O3/c1-10(2)7-8-13-17-14(21-18-13)9-20-12-6-4-3-5-11(12)15(16)19/h3-6,10H,7-9H2,1-2H3,(H2,16,19). The number of hydrogen-bond donors (Lipinski definition) is 1. The molecule has 2 N–H and O–H groups in total. The first-order valence-electron chi connectivity index (χ1n) is 6.89. The molecule has 1 heterocycles. The summed E-state index contributed by atoms with van der Waals surface area (Å²) in [5, 5.41) is 3.90. The number of rotatable bonds is 7. The van der Waals surface area contributed by atoms with Crippen LogP contribution in [-0.4, -0.2) is 16.0 Å². The highest BCUT2D eigenvalue weighted by molar-refractivity contribution is 5.95. The number of carbonyl (C=O) groups is 1. The summed E-state index contributed by atoms with van der Waals surface area (Å²) >= 11 is 0. The number of hydrogen-bond acceptors (Lipinski definition) is 5. The largest absolute Gasteiger partial charge is 0.483 e. The molecular weight excluding hydrogens is 270 g/mol. The Balaban J connectivity index is 1.96. The van der Waals surface area contributed by atoms with Gasteiger partial charge in [-0.1, -0.05) is 31.1 Å². The summed E-state index contributed by atoms with van der Waals surface area (Å²) in [6.07, 6.45) is 1.78. The minimum absolute atomic E-state index is 0.110. The van der Waals surface area contributed by atoms with E-state index in [1.807, 2.05) is 0 Å². The van der Waals surface area contributed by atoms with Gasteiger partial charge in [0.15, 0.2) is 12.4 Å². The molecule has 0 aliphatic heterocycles. The van der Waals surface area contributed by atoms with E-state index in [0.717, 1.165) is 12.8 Å². The van der Waals surface area contributed by atoms with Crippen LogP contribution in [0, 0.1) is 5.92 Å². The molecule has 0 bridgehead atoms. The molecule has 21 heavy (non-hydrogen) atoms. The summed E-state index contributed by atoms with van der Waals surface area (Å²) in [7, 11) is 0. The minimum atomic E-state index is -0.534. The van der Waals surface area contributed by atoms with Gasteiger partial charge in [0.1, 0.15) is 5.75 Å². The molecule has 1 amide bonds. The highest BCUT2D eigenvalue weighted by Gasteiger charge is 2.11. The molecule has 6 nitrogen and oxygen atoms in total. The van der Waals surface area contributed by atoms with E-state index in [1.165, 1.54) is 0 Å². The number of ether oxygens (including phenoxy) is 1. The van der Waals surface area contributed by atoms with Crippen LogP contribution in [0.25, 0.3) is 0 Å². The van der Waals surface area contributed by atoms with Crippen molar-refractivity contribution in [2.45, 2.75) is 33.3 Å². The summed E-state index contributed by atoms with van der Waals surface area (Å²) in [4.78, 5) is 15.5. The van der Waals surface area contributed by atoms with Gasteiger partial charge in [0, 0.05) is 6.42 Å². The maximum absolute atomic E-state index is 11.3. The molecule has 0 saturated heterocycles. The summed E-state index contributed by atoms with van der Waals surface area (Å²) < 4.78 is 10.6. The number of nitrogens with two attached hydrogens (primary N) is 1. The van der Waals surface area contributed by atoms with Crippen molar-refractivity contribution in [3.8, 4) is 5.75 Å². The second-order valence-electron chi connectivity index (χ2n) is 5.19. The molecule has 1 aromatic carbocycles. The lowest BCUT2D eigenvalue weighted by Crippen LogP contribution is -2.12. The molecule has 2 aromatic rings. The third kappa shape index (κ3) is 4.30. The highest BCUT2D eigenvalue weighted by Crippen LogP contribution is 2.18. The van der Waals surface area contributed by atoms with Gasteiger partial charge < -0.3 is 15.0 Å². The molecule has 0 atom stereocenters. The third-order valence-electron chi connectivity index (χ3n) is 2.96. The minimum Gasteiger partial charge on any atom is -0.483 e. The number of amides is 1. The van der Waals surface area contributed by atoms with E-state index in [-0.39, 0.29) is 6.61 Å². The van der Waals surface area contributed by atoms with Crippen LogP contribution in [0.3, 0.4) is 0 Å². The van der Waals surface area contributed by atoms with Gasteiger partial charge in [0.25, 0.3) is 11.8 Å². The van der Waals surface area contributed by atoms with E-state index in [2.05, 4.69) is 24.0 Å². The van der Waals surface area contributed by atoms with Gasteiger partial charge >= 0.3 is 0 Å². The Morgan fingerprint density at radius 1 is 1.38 bits per heavy atom. The summed E-state index contributed by atoms with van der Waals surface area (Å²) in [5.74, 6) is 1.52. The lowest BCUT2D eigenvalue weighted by molar-refractivity contribution is 0.0995. The van der Waals surface area contributed by atoms with Crippen molar-refractivity contribution in [1.82, 2.24) is 10.1 Å². The van der Waals surface area contributed by atoms with Gasteiger partial charge in [0.2, 0.25) is 0 Å². The van der Waals surface area contributed by atoms with Crippen LogP contribution in [0.4, 0.5) is 0 Å². The predicted molar refractivity (Wildman–Crippen MR) is 76.7 cm³/mol. The molecule has 2 rings (SSSR count). The molecule has 6 heteroatoms. The SMILES string of the molecule is CC(C)CCc1noc(COc2ccccc2C(N)=O)n1. The molecule has 0 saturated carbocycles. The van der Waals surface area contributed by atoms with Crippen LogP contribution in [0.2, 0.25) is 0 Å². The second kappa shape index (κ2) is 6.88. The van der Waals surface area contributed by atoms with Gasteiger partial charge in [-0.25, -0.2) is 0 Å². The Bertz CT molecular complexity index is 608. The molecule has 112 valence electrons. The quantitative estimate of drug-likeness (QED) is 0.844. The van der Waals surface area contributed by atoms with Crippen LogP contribution in [0.1, 0.15) is 42.3 Å². The Kier molecular flexibility index (Phi) is 4.92. The molecule has 0 fully saturated rings. The normalized spacial score (nSPS) is 10.8. The van der Waals surface area contributed by atoms with Crippen LogP contribution >= 0.6 is 0 Å². The topological polar surface area (TPSA) is 91.2 Å². The van der Waals surface area contributed by atoms with Crippen LogP contribution in [0.15, 0.2) is 28.8 Å². The van der Waals surface area contributed by atoms with Crippen molar-refractivity contribution in [3.05, 3.63) is 41.5 Å². The average Bonchev–Trinajstić information content (AvgIpc) is 2.91. The number of primary amides is 1. The number of aromatic nitrogens is 2. The van der Waals surface area contributed by atoms with Crippen LogP contribution in [-0.2, 0) is 13.0 Å². The summed E-state index contributed by atoms with van der Waals surface area (Å²) in [6, 6.07) is 6.78. The van der Waals surface area contributed by atoms with Crippen molar-refractivity contribution in [2.24, 2.45) is 11.7 Å². The maximum atomic E-state index is 11.3. The first-order valence-corrected chi connectivity index (χ1v) is 6.89. The van der Waals surface area contributed by atoms with E-state index in [1.54, 1.807) is 24.3 Å². The maximum Gasteiger partial charge on any atom is 0.264 e. The molecular formula is C15H19N3O3. The van der Waals surface area contributed by atoms with Gasteiger partial charge in [-0.05, 0) is 24.5 Å². The number of para-hydroxylation sites is 1. The number of nitrogens with zero attached hydrogens (tertiary/aromatic N) is 2. The first kappa shape index (κ1) is 15.0. The van der Waals surface area contributed by atoms with Gasteiger partial charge in [0.05, 0.1) is 5.56 Å². The van der Waals surface area contributed by atoms with Crippen molar-refractivity contribution >= 4 is 5.91 Å². The average molecular weight is 289 g/mol.